The van der Waals surface area contributed by atoms with Crippen molar-refractivity contribution < 1.29 is 9.47 Å². The standard InChI is InChI=1S/C36H35N7O2/c1-26-30(12-6-15-33(26)29-10-3-2-4-11-29)25-45-36-40-34(39-35(41-36)44-24-28-9-5-8-27(20-28)22-37)23-42-16-18-43(19-17-42)32-14-7-13-31(38)21-32/h2-15,20-21H,16-19,23-25,38H2,1H3. The minimum absolute atomic E-state index is 0.186. The van der Waals surface area contributed by atoms with Crippen molar-refractivity contribution >= 4 is 11.4 Å². The highest BCUT2D eigenvalue weighted by atomic mass is 16.5. The van der Waals surface area contributed by atoms with E-state index in [9.17, 15) is 5.26 Å². The molecule has 1 aromatic heterocycles. The number of hydrogen-bond acceptors (Lipinski definition) is 9. The Bertz CT molecular complexity index is 1800. The molecule has 1 fully saturated rings. The predicted molar refractivity (Wildman–Crippen MR) is 175 cm³/mol. The van der Waals surface area contributed by atoms with Crippen molar-refractivity contribution in [3.8, 4) is 29.2 Å². The van der Waals surface area contributed by atoms with Gasteiger partial charge in [-0.25, -0.2) is 0 Å². The Kier molecular flexibility index (Phi) is 9.14. The topological polar surface area (TPSA) is 113 Å². The van der Waals surface area contributed by atoms with E-state index in [4.69, 9.17) is 15.2 Å². The second kappa shape index (κ2) is 13.9. The maximum atomic E-state index is 9.27. The number of nitriles is 1. The van der Waals surface area contributed by atoms with E-state index in [-0.39, 0.29) is 18.6 Å². The number of rotatable bonds is 10. The van der Waals surface area contributed by atoms with Crippen LogP contribution < -0.4 is 20.1 Å². The third kappa shape index (κ3) is 7.55. The minimum Gasteiger partial charge on any atom is -0.458 e. The van der Waals surface area contributed by atoms with Crippen LogP contribution in [0.25, 0.3) is 11.1 Å². The largest absolute Gasteiger partial charge is 0.458 e. The fraction of sp³-hybridized carbons (Fsp3) is 0.222. The van der Waals surface area contributed by atoms with Crippen LogP contribution in [-0.2, 0) is 19.8 Å². The average molecular weight is 598 g/mol. The Balaban J connectivity index is 1.18. The Labute approximate surface area is 263 Å². The van der Waals surface area contributed by atoms with Crippen LogP contribution in [0, 0.1) is 18.3 Å². The summed E-state index contributed by atoms with van der Waals surface area (Å²) in [6, 6.07) is 34.4. The zero-order valence-electron chi connectivity index (χ0n) is 25.3. The maximum absolute atomic E-state index is 9.27. The number of nitrogens with zero attached hydrogens (tertiary/aromatic N) is 6. The molecule has 1 aliphatic rings. The van der Waals surface area contributed by atoms with Crippen LogP contribution in [0.1, 0.15) is 28.1 Å². The Hall–Kier alpha value is -5.46. The highest BCUT2D eigenvalue weighted by Gasteiger charge is 2.20. The molecule has 1 aliphatic heterocycles. The van der Waals surface area contributed by atoms with Gasteiger partial charge >= 0.3 is 12.0 Å². The van der Waals surface area contributed by atoms with Crippen molar-refractivity contribution in [1.82, 2.24) is 19.9 Å². The van der Waals surface area contributed by atoms with Gasteiger partial charge in [0.15, 0.2) is 5.82 Å². The smallest absolute Gasteiger partial charge is 0.323 e. The van der Waals surface area contributed by atoms with Gasteiger partial charge < -0.3 is 20.1 Å². The summed E-state index contributed by atoms with van der Waals surface area (Å²) in [5.74, 6) is 0.577. The Morgan fingerprint density at radius 1 is 0.778 bits per heavy atom. The number of ether oxygens (including phenoxy) is 2. The summed E-state index contributed by atoms with van der Waals surface area (Å²) < 4.78 is 12.2. The summed E-state index contributed by atoms with van der Waals surface area (Å²) in [4.78, 5) is 18.5. The van der Waals surface area contributed by atoms with Crippen molar-refractivity contribution in [2.45, 2.75) is 26.7 Å². The molecule has 2 heterocycles. The lowest BCUT2D eigenvalue weighted by Gasteiger charge is -2.35. The first-order valence-corrected chi connectivity index (χ1v) is 15.0. The Morgan fingerprint density at radius 3 is 2.27 bits per heavy atom. The summed E-state index contributed by atoms with van der Waals surface area (Å²) in [5.41, 5.74) is 13.8. The highest BCUT2D eigenvalue weighted by molar-refractivity contribution is 5.68. The second-order valence-electron chi connectivity index (χ2n) is 11.0. The molecule has 2 N–H and O–H groups in total. The first-order valence-electron chi connectivity index (χ1n) is 15.0. The van der Waals surface area contributed by atoms with Crippen LogP contribution >= 0.6 is 0 Å². The SMILES string of the molecule is Cc1c(COc2nc(CN3CCN(c4cccc(N)c4)CC3)nc(OCc3cccc(C#N)c3)n2)cccc1-c1ccccc1. The van der Waals surface area contributed by atoms with Crippen molar-refractivity contribution in [3.63, 3.8) is 0 Å². The average Bonchev–Trinajstić information content (AvgIpc) is 3.08. The van der Waals surface area contributed by atoms with Crippen LogP contribution in [0.4, 0.5) is 11.4 Å². The van der Waals surface area contributed by atoms with Gasteiger partial charge in [0.05, 0.1) is 18.2 Å². The van der Waals surface area contributed by atoms with E-state index in [0.717, 1.165) is 65.4 Å². The van der Waals surface area contributed by atoms with Gasteiger partial charge in [0.2, 0.25) is 0 Å². The summed E-state index contributed by atoms with van der Waals surface area (Å²) in [5, 5.41) is 9.27. The minimum atomic E-state index is 0.186. The number of benzene rings is 4. The van der Waals surface area contributed by atoms with E-state index in [1.54, 1.807) is 12.1 Å². The number of nitrogens with two attached hydrogens (primary N) is 1. The van der Waals surface area contributed by atoms with Gasteiger partial charge in [0.1, 0.15) is 13.2 Å². The van der Waals surface area contributed by atoms with Crippen LogP contribution in [0.2, 0.25) is 0 Å². The van der Waals surface area contributed by atoms with Gasteiger partial charge in [-0.15, -0.1) is 4.98 Å². The summed E-state index contributed by atoms with van der Waals surface area (Å²) in [6.07, 6.45) is 0. The lowest BCUT2D eigenvalue weighted by molar-refractivity contribution is 0.225. The van der Waals surface area contributed by atoms with E-state index in [1.807, 2.05) is 54.6 Å². The number of nitrogen functional groups attached to an aromatic ring is 1. The van der Waals surface area contributed by atoms with E-state index in [2.05, 4.69) is 68.1 Å². The van der Waals surface area contributed by atoms with E-state index >= 15 is 0 Å². The molecule has 4 aromatic carbocycles. The molecule has 5 aromatic rings. The van der Waals surface area contributed by atoms with Crippen molar-refractivity contribution in [2.75, 3.05) is 36.8 Å². The molecule has 9 heteroatoms. The van der Waals surface area contributed by atoms with E-state index in [1.165, 1.54) is 0 Å². The monoisotopic (exact) mass is 597 g/mol. The van der Waals surface area contributed by atoms with E-state index in [0.29, 0.717) is 24.5 Å². The normalized spacial score (nSPS) is 13.3. The zero-order chi connectivity index (χ0) is 31.0. The fourth-order valence-electron chi connectivity index (χ4n) is 5.45. The molecule has 0 atom stereocenters. The van der Waals surface area contributed by atoms with Crippen molar-refractivity contribution in [2.24, 2.45) is 0 Å². The zero-order valence-corrected chi connectivity index (χ0v) is 25.3. The van der Waals surface area contributed by atoms with E-state index < -0.39 is 0 Å². The van der Waals surface area contributed by atoms with Crippen LogP contribution in [0.15, 0.2) is 97.1 Å². The molecular weight excluding hydrogens is 562 g/mol. The number of hydrogen-bond donors (Lipinski definition) is 1. The molecule has 0 bridgehead atoms. The predicted octanol–water partition coefficient (Wildman–Crippen LogP) is 5.78. The molecule has 226 valence electrons. The Morgan fingerprint density at radius 2 is 1.51 bits per heavy atom. The molecule has 0 radical (unpaired) electrons. The molecule has 1 saturated heterocycles. The number of aromatic nitrogens is 3. The molecule has 0 amide bonds. The van der Waals surface area contributed by atoms with Gasteiger partial charge in [-0.2, -0.15) is 15.2 Å². The summed E-state index contributed by atoms with van der Waals surface area (Å²) >= 11 is 0. The highest BCUT2D eigenvalue weighted by Crippen LogP contribution is 2.26. The van der Waals surface area contributed by atoms with Gasteiger partial charge in [-0.3, -0.25) is 4.90 Å². The molecule has 0 aliphatic carbocycles. The van der Waals surface area contributed by atoms with Gasteiger partial charge in [0, 0.05) is 37.6 Å². The molecule has 45 heavy (non-hydrogen) atoms. The van der Waals surface area contributed by atoms with Crippen molar-refractivity contribution in [3.05, 3.63) is 125 Å². The van der Waals surface area contributed by atoms with Gasteiger partial charge in [-0.1, -0.05) is 66.7 Å². The van der Waals surface area contributed by atoms with Gasteiger partial charge in [-0.05, 0) is 65.1 Å². The second-order valence-corrected chi connectivity index (χ2v) is 11.0. The van der Waals surface area contributed by atoms with Crippen LogP contribution in [0.3, 0.4) is 0 Å². The third-order valence-electron chi connectivity index (χ3n) is 7.92. The molecule has 6 rings (SSSR count). The molecular formula is C36H35N7O2. The fourth-order valence-corrected chi connectivity index (χ4v) is 5.45. The molecule has 0 spiro atoms. The molecule has 0 saturated carbocycles. The first kappa shape index (κ1) is 29.6. The molecule has 9 nitrogen and oxygen atoms in total. The van der Waals surface area contributed by atoms with Gasteiger partial charge in [0.25, 0.3) is 0 Å². The van der Waals surface area contributed by atoms with Crippen LogP contribution in [-0.4, -0.2) is 46.0 Å². The number of piperazine rings is 1. The lowest BCUT2D eigenvalue weighted by atomic mass is 9.97. The summed E-state index contributed by atoms with van der Waals surface area (Å²) in [7, 11) is 0. The van der Waals surface area contributed by atoms with Crippen molar-refractivity contribution in [1.29, 1.82) is 5.26 Å². The lowest BCUT2D eigenvalue weighted by Crippen LogP contribution is -2.46. The van der Waals surface area contributed by atoms with Crippen LogP contribution in [0.5, 0.6) is 12.0 Å². The number of anilines is 2. The molecule has 0 unspecified atom stereocenters. The maximum Gasteiger partial charge on any atom is 0.323 e. The third-order valence-corrected chi connectivity index (χ3v) is 7.92. The summed E-state index contributed by atoms with van der Waals surface area (Å²) in [6.45, 7) is 6.59. The quantitative estimate of drug-likeness (QED) is 0.200. The first-order chi connectivity index (χ1) is 22.0.